The fraction of sp³-hybridized carbons (Fsp3) is 0.613. The van der Waals surface area contributed by atoms with Crippen LogP contribution in [0.4, 0.5) is 11.4 Å². The third kappa shape index (κ3) is 9.18. The molecule has 1 atom stereocenters. The van der Waals surface area contributed by atoms with Gasteiger partial charge in [0.1, 0.15) is 6.54 Å². The second-order valence-electron chi connectivity index (χ2n) is 11.2. The van der Waals surface area contributed by atoms with E-state index in [1.807, 2.05) is 12.4 Å². The highest BCUT2D eigenvalue weighted by atomic mass is 16.5. The van der Waals surface area contributed by atoms with Crippen LogP contribution in [0, 0.1) is 11.8 Å². The van der Waals surface area contributed by atoms with Crippen LogP contribution in [-0.4, -0.2) is 54.2 Å². The molecule has 0 radical (unpaired) electrons. The summed E-state index contributed by atoms with van der Waals surface area (Å²) in [6.45, 7) is 5.53. The lowest BCUT2D eigenvalue weighted by Crippen LogP contribution is -2.41. The first kappa shape index (κ1) is 29.8. The molecule has 0 unspecified atom stereocenters. The minimum Gasteiger partial charge on any atom is -0.465 e. The summed E-state index contributed by atoms with van der Waals surface area (Å²) in [4.78, 5) is 43.8. The van der Waals surface area contributed by atoms with E-state index in [0.29, 0.717) is 12.2 Å². The summed E-state index contributed by atoms with van der Waals surface area (Å²) in [7, 11) is 0. The van der Waals surface area contributed by atoms with Crippen LogP contribution in [0.2, 0.25) is 0 Å². The molecular formula is C31H45N5O4. The van der Waals surface area contributed by atoms with Crippen molar-refractivity contribution < 1.29 is 14.3 Å². The summed E-state index contributed by atoms with van der Waals surface area (Å²) in [5, 5.41) is 6.59. The van der Waals surface area contributed by atoms with E-state index < -0.39 is 5.97 Å². The zero-order chi connectivity index (χ0) is 28.2. The van der Waals surface area contributed by atoms with E-state index in [2.05, 4.69) is 26.6 Å². The first-order valence-electron chi connectivity index (χ1n) is 15.1. The molecule has 1 saturated carbocycles. The van der Waals surface area contributed by atoms with Crippen LogP contribution in [0.1, 0.15) is 70.3 Å². The highest BCUT2D eigenvalue weighted by molar-refractivity contribution is 5.93. The lowest BCUT2D eigenvalue weighted by Gasteiger charge is -2.33. The summed E-state index contributed by atoms with van der Waals surface area (Å²) in [6.07, 6.45) is 17.3. The van der Waals surface area contributed by atoms with Gasteiger partial charge in [0, 0.05) is 31.5 Å². The number of piperidine rings is 1. The molecule has 2 N–H and O–H groups in total. The monoisotopic (exact) mass is 551 g/mol. The van der Waals surface area contributed by atoms with E-state index in [1.54, 1.807) is 13.0 Å². The minimum atomic E-state index is -0.488. The van der Waals surface area contributed by atoms with Crippen molar-refractivity contribution in [2.75, 3.05) is 43.0 Å². The third-order valence-electron chi connectivity index (χ3n) is 8.02. The van der Waals surface area contributed by atoms with Crippen molar-refractivity contribution in [1.29, 1.82) is 0 Å². The molecule has 3 heterocycles. The van der Waals surface area contributed by atoms with Crippen LogP contribution >= 0.6 is 0 Å². The van der Waals surface area contributed by atoms with Gasteiger partial charge < -0.3 is 24.8 Å². The summed E-state index contributed by atoms with van der Waals surface area (Å²) < 4.78 is 6.19. The Bertz CT molecular complexity index is 1160. The standard InChI is InChI=1S/C31H45N5O4/c1-2-40-30(38)23-36-22-27(13-14-29(36)37)34-31(39)26-12-8-16-35(21-26)28-17-25(19-33-20-28)11-6-7-15-32-18-24-9-4-3-5-10-24/h13-14,17,19-20,22,24,26,32H,2-12,15-16,18,21,23H2,1H3,(H,34,39)/t26-/m0/s1. The molecule has 1 aliphatic heterocycles. The normalized spacial score (nSPS) is 17.9. The van der Waals surface area contributed by atoms with Crippen molar-refractivity contribution in [3.8, 4) is 0 Å². The number of amides is 1. The zero-order valence-corrected chi connectivity index (χ0v) is 23.9. The molecule has 1 aliphatic carbocycles. The van der Waals surface area contributed by atoms with Crippen LogP contribution in [0.25, 0.3) is 0 Å². The third-order valence-corrected chi connectivity index (χ3v) is 8.02. The predicted molar refractivity (Wildman–Crippen MR) is 158 cm³/mol. The Hall–Kier alpha value is -3.20. The van der Waals surface area contributed by atoms with Gasteiger partial charge in [0.05, 0.1) is 30.1 Å². The molecule has 9 nitrogen and oxygen atoms in total. The fourth-order valence-electron chi connectivity index (χ4n) is 5.80. The van der Waals surface area contributed by atoms with Gasteiger partial charge in [-0.15, -0.1) is 0 Å². The Balaban J connectivity index is 1.24. The van der Waals surface area contributed by atoms with Gasteiger partial charge in [-0.05, 0) is 88.6 Å². The van der Waals surface area contributed by atoms with Crippen molar-refractivity contribution >= 4 is 23.3 Å². The number of rotatable bonds is 13. The van der Waals surface area contributed by atoms with E-state index in [9.17, 15) is 14.4 Å². The van der Waals surface area contributed by atoms with E-state index in [0.717, 1.165) is 63.3 Å². The smallest absolute Gasteiger partial charge is 0.326 e. The SMILES string of the molecule is CCOC(=O)Cn1cc(NC(=O)[C@H]2CCCN(c3cncc(CCCCNCC4CCCCC4)c3)C2)ccc1=O. The van der Waals surface area contributed by atoms with Gasteiger partial charge in [0.15, 0.2) is 0 Å². The molecule has 0 aromatic carbocycles. The number of esters is 1. The largest absolute Gasteiger partial charge is 0.465 e. The van der Waals surface area contributed by atoms with Crippen molar-refractivity contribution in [2.24, 2.45) is 11.8 Å². The van der Waals surface area contributed by atoms with Crippen LogP contribution in [0.3, 0.4) is 0 Å². The number of unbranched alkanes of at least 4 members (excludes halogenated alkanes) is 1. The topological polar surface area (TPSA) is 106 Å². The number of pyridine rings is 2. The van der Waals surface area contributed by atoms with Gasteiger partial charge in [0.2, 0.25) is 5.91 Å². The fourth-order valence-corrected chi connectivity index (χ4v) is 5.80. The zero-order valence-electron chi connectivity index (χ0n) is 23.9. The number of aromatic nitrogens is 2. The molecule has 2 aromatic rings. The molecule has 218 valence electrons. The van der Waals surface area contributed by atoms with E-state index in [1.165, 1.54) is 54.5 Å². The Morgan fingerprint density at radius 3 is 2.75 bits per heavy atom. The molecular weight excluding hydrogens is 506 g/mol. The van der Waals surface area contributed by atoms with Gasteiger partial charge in [-0.1, -0.05) is 19.3 Å². The Morgan fingerprint density at radius 1 is 1.07 bits per heavy atom. The van der Waals surface area contributed by atoms with Crippen molar-refractivity contribution in [1.82, 2.24) is 14.9 Å². The summed E-state index contributed by atoms with van der Waals surface area (Å²) in [6, 6.07) is 5.14. The molecule has 0 bridgehead atoms. The second kappa shape index (κ2) is 15.6. The highest BCUT2D eigenvalue weighted by Crippen LogP contribution is 2.25. The predicted octanol–water partition coefficient (Wildman–Crippen LogP) is 4.15. The van der Waals surface area contributed by atoms with Gasteiger partial charge in [-0.25, -0.2) is 0 Å². The van der Waals surface area contributed by atoms with Gasteiger partial charge in [-0.3, -0.25) is 19.4 Å². The number of nitrogens with one attached hydrogen (secondary N) is 2. The molecule has 4 rings (SSSR count). The molecule has 1 saturated heterocycles. The highest BCUT2D eigenvalue weighted by Gasteiger charge is 2.26. The summed E-state index contributed by atoms with van der Waals surface area (Å²) >= 11 is 0. The molecule has 2 fully saturated rings. The van der Waals surface area contributed by atoms with E-state index in [4.69, 9.17) is 4.74 Å². The molecule has 2 aromatic heterocycles. The Morgan fingerprint density at radius 2 is 1.93 bits per heavy atom. The van der Waals surface area contributed by atoms with Crippen LogP contribution in [-0.2, 0) is 27.3 Å². The first-order valence-corrected chi connectivity index (χ1v) is 15.1. The number of nitrogens with zero attached hydrogens (tertiary/aromatic N) is 3. The molecule has 1 amide bonds. The quantitative estimate of drug-likeness (QED) is 0.285. The average Bonchev–Trinajstić information content (AvgIpc) is 2.97. The molecule has 9 heteroatoms. The van der Waals surface area contributed by atoms with Gasteiger partial charge in [-0.2, -0.15) is 0 Å². The van der Waals surface area contributed by atoms with Gasteiger partial charge in [0.25, 0.3) is 5.56 Å². The van der Waals surface area contributed by atoms with Crippen LogP contribution in [0.15, 0.2) is 41.6 Å². The molecule has 40 heavy (non-hydrogen) atoms. The summed E-state index contributed by atoms with van der Waals surface area (Å²) in [5.74, 6) is 0.114. The number of carbonyl (C=O) groups is 2. The lowest BCUT2D eigenvalue weighted by atomic mass is 9.89. The average molecular weight is 552 g/mol. The van der Waals surface area contributed by atoms with Gasteiger partial charge >= 0.3 is 5.97 Å². The first-order chi connectivity index (χ1) is 19.5. The van der Waals surface area contributed by atoms with Crippen molar-refractivity contribution in [2.45, 2.75) is 77.7 Å². The number of hydrogen-bond acceptors (Lipinski definition) is 7. The van der Waals surface area contributed by atoms with E-state index in [-0.39, 0.29) is 30.5 Å². The Labute approximate surface area is 237 Å². The van der Waals surface area contributed by atoms with Crippen molar-refractivity contribution in [3.63, 3.8) is 0 Å². The second-order valence-corrected chi connectivity index (χ2v) is 11.2. The Kier molecular flexibility index (Phi) is 11.6. The molecule has 0 spiro atoms. The van der Waals surface area contributed by atoms with E-state index >= 15 is 0 Å². The number of anilines is 2. The van der Waals surface area contributed by atoms with Crippen LogP contribution in [0.5, 0.6) is 0 Å². The summed E-state index contributed by atoms with van der Waals surface area (Å²) in [5.41, 5.74) is 2.47. The number of aryl methyl sites for hydroxylation is 1. The maximum Gasteiger partial charge on any atom is 0.326 e. The maximum absolute atomic E-state index is 13.1. The van der Waals surface area contributed by atoms with Crippen LogP contribution < -0.4 is 21.1 Å². The number of carbonyl (C=O) groups excluding carboxylic acids is 2. The number of hydrogen-bond donors (Lipinski definition) is 2. The maximum atomic E-state index is 13.1. The minimum absolute atomic E-state index is 0.0872. The number of ether oxygens (including phenoxy) is 1. The lowest BCUT2D eigenvalue weighted by molar-refractivity contribution is -0.143. The molecule has 2 aliphatic rings. The van der Waals surface area contributed by atoms with Crippen molar-refractivity contribution in [3.05, 3.63) is 52.7 Å².